The molecule has 0 saturated heterocycles. The lowest BCUT2D eigenvalue weighted by molar-refractivity contribution is -0.137. The molecule has 1 aliphatic carbocycles. The minimum absolute atomic E-state index is 0.0639. The number of aliphatic carboxylic acids is 1. The van der Waals surface area contributed by atoms with E-state index in [1.165, 1.54) is 32.1 Å². The van der Waals surface area contributed by atoms with Crippen LogP contribution in [0.25, 0.3) is 11.0 Å². The number of pyridine rings is 1. The Kier molecular flexibility index (Phi) is 6.31. The molecule has 0 bridgehead atoms. The Morgan fingerprint density at radius 3 is 2.68 bits per heavy atom. The van der Waals surface area contributed by atoms with E-state index in [0.717, 1.165) is 23.2 Å². The van der Waals surface area contributed by atoms with Gasteiger partial charge >= 0.3 is 5.97 Å². The van der Waals surface area contributed by atoms with E-state index in [0.29, 0.717) is 23.5 Å². The first-order chi connectivity index (χ1) is 13.3. The van der Waals surface area contributed by atoms with Crippen LogP contribution in [-0.4, -0.2) is 37.8 Å². The number of aryl methyl sites for hydroxylation is 3. The zero-order chi connectivity index (χ0) is 20.3. The van der Waals surface area contributed by atoms with Crippen LogP contribution in [0.4, 0.5) is 0 Å². The van der Waals surface area contributed by atoms with E-state index in [1.54, 1.807) is 10.7 Å². The fraction of sp³-hybridized carbons (Fsp3) is 0.619. The standard InChI is InChI=1S/C21H30N4O3/c1-13-11-17(19-14(2)24-25(3)20(19)22-13)21(28)23-16(9-10-18(26)27)12-15-7-5-4-6-8-15/h11,15-16H,4-10,12H2,1-3H3,(H,23,28)(H,26,27). The summed E-state index contributed by atoms with van der Waals surface area (Å²) in [4.78, 5) is 28.7. The van der Waals surface area contributed by atoms with Crippen molar-refractivity contribution in [3.8, 4) is 0 Å². The molecule has 0 aromatic carbocycles. The summed E-state index contributed by atoms with van der Waals surface area (Å²) in [6, 6.07) is 1.66. The number of carboxylic acid groups (broad SMARTS) is 1. The van der Waals surface area contributed by atoms with E-state index in [2.05, 4.69) is 15.4 Å². The highest BCUT2D eigenvalue weighted by Gasteiger charge is 2.24. The monoisotopic (exact) mass is 386 g/mol. The van der Waals surface area contributed by atoms with Gasteiger partial charge in [-0.3, -0.25) is 14.3 Å². The average Bonchev–Trinajstić information content (AvgIpc) is 2.93. The van der Waals surface area contributed by atoms with Crippen LogP contribution < -0.4 is 5.32 Å². The third-order valence-corrected chi connectivity index (χ3v) is 5.73. The Morgan fingerprint density at radius 1 is 1.29 bits per heavy atom. The quantitative estimate of drug-likeness (QED) is 0.759. The van der Waals surface area contributed by atoms with E-state index in [-0.39, 0.29) is 18.4 Å². The minimum Gasteiger partial charge on any atom is -0.481 e. The highest BCUT2D eigenvalue weighted by atomic mass is 16.4. The summed E-state index contributed by atoms with van der Waals surface area (Å²) in [5.74, 6) is -0.432. The van der Waals surface area contributed by atoms with Crippen molar-refractivity contribution in [2.24, 2.45) is 13.0 Å². The number of carbonyl (C=O) groups is 2. The molecule has 7 heteroatoms. The number of hydrogen-bond donors (Lipinski definition) is 2. The Bertz CT molecular complexity index is 868. The summed E-state index contributed by atoms with van der Waals surface area (Å²) in [6.07, 6.45) is 7.42. The number of fused-ring (bicyclic) bond motifs is 1. The third-order valence-electron chi connectivity index (χ3n) is 5.73. The van der Waals surface area contributed by atoms with Gasteiger partial charge in [0.2, 0.25) is 0 Å². The largest absolute Gasteiger partial charge is 0.481 e. The molecule has 2 aromatic rings. The van der Waals surface area contributed by atoms with E-state index in [4.69, 9.17) is 5.11 Å². The van der Waals surface area contributed by atoms with Gasteiger partial charge in [-0.25, -0.2) is 4.98 Å². The molecule has 0 spiro atoms. The summed E-state index contributed by atoms with van der Waals surface area (Å²) in [5, 5.41) is 17.4. The maximum absolute atomic E-state index is 13.1. The molecule has 7 nitrogen and oxygen atoms in total. The number of nitrogens with zero attached hydrogens (tertiary/aromatic N) is 3. The second kappa shape index (κ2) is 8.71. The van der Waals surface area contributed by atoms with Crippen LogP contribution >= 0.6 is 0 Å². The molecule has 1 amide bonds. The third kappa shape index (κ3) is 4.69. The van der Waals surface area contributed by atoms with Crippen LogP contribution in [-0.2, 0) is 11.8 Å². The molecule has 1 fully saturated rings. The van der Waals surface area contributed by atoms with Crippen LogP contribution in [0, 0.1) is 19.8 Å². The molecule has 2 aromatic heterocycles. The van der Waals surface area contributed by atoms with Gasteiger partial charge in [0.15, 0.2) is 5.65 Å². The molecule has 2 N–H and O–H groups in total. The Balaban J connectivity index is 1.82. The normalized spacial score (nSPS) is 16.2. The first kappa shape index (κ1) is 20.3. The highest BCUT2D eigenvalue weighted by molar-refractivity contribution is 6.06. The maximum atomic E-state index is 13.1. The summed E-state index contributed by atoms with van der Waals surface area (Å²) >= 11 is 0. The van der Waals surface area contributed by atoms with Crippen molar-refractivity contribution >= 4 is 22.9 Å². The molecule has 0 aliphatic heterocycles. The van der Waals surface area contributed by atoms with E-state index < -0.39 is 5.97 Å². The number of nitrogens with one attached hydrogen (secondary N) is 1. The molecule has 1 unspecified atom stereocenters. The summed E-state index contributed by atoms with van der Waals surface area (Å²) in [5.41, 5.74) is 2.79. The zero-order valence-corrected chi connectivity index (χ0v) is 17.0. The zero-order valence-electron chi connectivity index (χ0n) is 17.0. The van der Waals surface area contributed by atoms with Crippen LogP contribution in [0.3, 0.4) is 0 Å². The fourth-order valence-corrected chi connectivity index (χ4v) is 4.38. The summed E-state index contributed by atoms with van der Waals surface area (Å²) in [7, 11) is 1.82. The first-order valence-electron chi connectivity index (χ1n) is 10.2. The minimum atomic E-state index is -0.826. The molecule has 1 aliphatic rings. The SMILES string of the molecule is Cc1cc(C(=O)NC(CCC(=O)O)CC2CCCCC2)c2c(C)nn(C)c2n1. The van der Waals surface area contributed by atoms with E-state index in [9.17, 15) is 9.59 Å². The van der Waals surface area contributed by atoms with Gasteiger partial charge in [-0.2, -0.15) is 5.10 Å². The summed E-state index contributed by atoms with van der Waals surface area (Å²) in [6.45, 7) is 3.74. The average molecular weight is 386 g/mol. The molecule has 152 valence electrons. The van der Waals surface area contributed by atoms with Crippen molar-refractivity contribution in [2.75, 3.05) is 0 Å². The topological polar surface area (TPSA) is 97.1 Å². The van der Waals surface area contributed by atoms with Crippen molar-refractivity contribution in [3.63, 3.8) is 0 Å². The molecular weight excluding hydrogens is 356 g/mol. The van der Waals surface area contributed by atoms with Gasteiger partial charge < -0.3 is 10.4 Å². The number of rotatable bonds is 7. The molecule has 1 saturated carbocycles. The van der Waals surface area contributed by atoms with E-state index in [1.807, 2.05) is 20.9 Å². The molecule has 28 heavy (non-hydrogen) atoms. The van der Waals surface area contributed by atoms with Crippen molar-refractivity contribution in [2.45, 2.75) is 71.3 Å². The van der Waals surface area contributed by atoms with E-state index >= 15 is 0 Å². The van der Waals surface area contributed by atoms with Gasteiger partial charge in [0, 0.05) is 25.2 Å². The molecule has 2 heterocycles. The predicted octanol–water partition coefficient (Wildman–Crippen LogP) is 3.52. The van der Waals surface area contributed by atoms with Gasteiger partial charge in [0.1, 0.15) is 0 Å². The number of aromatic nitrogens is 3. The molecular formula is C21H30N4O3. The second-order valence-electron chi connectivity index (χ2n) is 8.06. The van der Waals surface area contributed by atoms with Gasteiger partial charge in [-0.15, -0.1) is 0 Å². The van der Waals surface area contributed by atoms with Crippen LogP contribution in [0.15, 0.2) is 6.07 Å². The molecule has 0 radical (unpaired) electrons. The lowest BCUT2D eigenvalue weighted by Crippen LogP contribution is -2.37. The number of hydrogen-bond acceptors (Lipinski definition) is 4. The Hall–Kier alpha value is -2.44. The number of carboxylic acids is 1. The Morgan fingerprint density at radius 2 is 2.00 bits per heavy atom. The highest BCUT2D eigenvalue weighted by Crippen LogP contribution is 2.29. The van der Waals surface area contributed by atoms with Gasteiger partial charge in [-0.1, -0.05) is 32.1 Å². The first-order valence-corrected chi connectivity index (χ1v) is 10.2. The van der Waals surface area contributed by atoms with Crippen LogP contribution in [0.1, 0.15) is 73.1 Å². The van der Waals surface area contributed by atoms with Gasteiger partial charge in [0.05, 0.1) is 16.6 Å². The number of carbonyl (C=O) groups excluding carboxylic acids is 1. The molecule has 3 rings (SSSR count). The smallest absolute Gasteiger partial charge is 0.303 e. The van der Waals surface area contributed by atoms with Crippen molar-refractivity contribution in [3.05, 3.63) is 23.0 Å². The van der Waals surface area contributed by atoms with Crippen LogP contribution in [0.2, 0.25) is 0 Å². The van der Waals surface area contributed by atoms with Gasteiger partial charge in [-0.05, 0) is 38.7 Å². The Labute approximate surface area is 165 Å². The fourth-order valence-electron chi connectivity index (χ4n) is 4.38. The summed E-state index contributed by atoms with van der Waals surface area (Å²) < 4.78 is 1.69. The molecule has 1 atom stereocenters. The van der Waals surface area contributed by atoms with Crippen molar-refractivity contribution in [1.29, 1.82) is 0 Å². The lowest BCUT2D eigenvalue weighted by Gasteiger charge is -2.27. The van der Waals surface area contributed by atoms with Crippen molar-refractivity contribution in [1.82, 2.24) is 20.1 Å². The van der Waals surface area contributed by atoms with Crippen LogP contribution in [0.5, 0.6) is 0 Å². The second-order valence-corrected chi connectivity index (χ2v) is 8.06. The van der Waals surface area contributed by atoms with Crippen molar-refractivity contribution < 1.29 is 14.7 Å². The van der Waals surface area contributed by atoms with Gasteiger partial charge in [0.25, 0.3) is 5.91 Å². The maximum Gasteiger partial charge on any atom is 0.303 e. The predicted molar refractivity (Wildman–Crippen MR) is 107 cm³/mol. The lowest BCUT2D eigenvalue weighted by atomic mass is 9.84. The number of amides is 1.